The van der Waals surface area contributed by atoms with Crippen molar-refractivity contribution in [2.75, 3.05) is 39.8 Å². The highest BCUT2D eigenvalue weighted by Crippen LogP contribution is 2.36. The Morgan fingerprint density at radius 1 is 1.18 bits per heavy atom. The van der Waals surface area contributed by atoms with E-state index in [4.69, 9.17) is 0 Å². The molecule has 0 aromatic carbocycles. The first-order valence-corrected chi connectivity index (χ1v) is 14.1. The third-order valence-electron chi connectivity index (χ3n) is 8.47. The van der Waals surface area contributed by atoms with Crippen LogP contribution in [0, 0.1) is 0 Å². The van der Waals surface area contributed by atoms with E-state index < -0.39 is 0 Å². The van der Waals surface area contributed by atoms with Crippen molar-refractivity contribution in [3.05, 3.63) is 27.1 Å². The standard InChI is InChI=1S/C26H41N5OS/c1-3-4-12-30-19-28-24-23(25(30)32)21-9-8-20(17-22(21)33-24)27-18-26(10-6-5-7-11-26)31-15-13-29(2)14-16-31/h19-20,27H,3-18H2,1-2H3. The van der Waals surface area contributed by atoms with Gasteiger partial charge in [0.15, 0.2) is 0 Å². The zero-order valence-corrected chi connectivity index (χ0v) is 21.4. The van der Waals surface area contributed by atoms with Gasteiger partial charge in [-0.05, 0) is 51.1 Å². The summed E-state index contributed by atoms with van der Waals surface area (Å²) in [6.45, 7) is 8.86. The number of nitrogens with zero attached hydrogens (tertiary/aromatic N) is 4. The van der Waals surface area contributed by atoms with Crippen LogP contribution < -0.4 is 10.9 Å². The Labute approximate surface area is 202 Å². The van der Waals surface area contributed by atoms with Crippen LogP contribution in [0.4, 0.5) is 0 Å². The summed E-state index contributed by atoms with van der Waals surface area (Å²) in [4.78, 5) is 25.4. The molecule has 6 nitrogen and oxygen atoms in total. The van der Waals surface area contributed by atoms with Gasteiger partial charge < -0.3 is 10.2 Å². The number of aryl methyl sites for hydroxylation is 2. The van der Waals surface area contributed by atoms with Crippen LogP contribution in [0.5, 0.6) is 0 Å². The van der Waals surface area contributed by atoms with Crippen LogP contribution in [0.25, 0.3) is 10.2 Å². The van der Waals surface area contributed by atoms with Crippen molar-refractivity contribution < 1.29 is 0 Å². The van der Waals surface area contributed by atoms with E-state index in [1.807, 2.05) is 4.57 Å². The van der Waals surface area contributed by atoms with Gasteiger partial charge in [0.25, 0.3) is 5.56 Å². The molecule has 1 saturated heterocycles. The number of hydrogen-bond donors (Lipinski definition) is 1. The number of thiophene rings is 1. The molecule has 0 bridgehead atoms. The number of piperazine rings is 1. The van der Waals surface area contributed by atoms with Crippen LogP contribution in [0.3, 0.4) is 0 Å². The molecule has 1 aliphatic heterocycles. The van der Waals surface area contributed by atoms with E-state index in [2.05, 4.69) is 34.1 Å². The van der Waals surface area contributed by atoms with Gasteiger partial charge >= 0.3 is 0 Å². The van der Waals surface area contributed by atoms with Crippen molar-refractivity contribution in [2.45, 2.75) is 89.3 Å². The van der Waals surface area contributed by atoms with Gasteiger partial charge in [0, 0.05) is 55.7 Å². The topological polar surface area (TPSA) is 53.4 Å². The smallest absolute Gasteiger partial charge is 0.262 e. The van der Waals surface area contributed by atoms with Crippen LogP contribution in [0.2, 0.25) is 0 Å². The van der Waals surface area contributed by atoms with Crippen LogP contribution in [-0.2, 0) is 19.4 Å². The second-order valence-corrected chi connectivity index (χ2v) is 11.8. The SMILES string of the molecule is CCCCn1cnc2sc3c(c2c1=O)CCC(NCC1(N2CCN(C)CC2)CCCCC1)C3. The highest BCUT2D eigenvalue weighted by molar-refractivity contribution is 7.18. The first kappa shape index (κ1) is 23.5. The minimum atomic E-state index is 0.175. The molecule has 1 saturated carbocycles. The number of fused-ring (bicyclic) bond motifs is 3. The zero-order chi connectivity index (χ0) is 22.8. The molecule has 5 rings (SSSR count). The maximum atomic E-state index is 13.1. The molecule has 1 unspecified atom stereocenters. The van der Waals surface area contributed by atoms with Crippen molar-refractivity contribution >= 4 is 21.6 Å². The second kappa shape index (κ2) is 10.1. The van der Waals surface area contributed by atoms with E-state index in [1.54, 1.807) is 17.7 Å². The first-order chi connectivity index (χ1) is 16.1. The van der Waals surface area contributed by atoms with Gasteiger partial charge in [-0.25, -0.2) is 4.98 Å². The van der Waals surface area contributed by atoms with Gasteiger partial charge in [-0.3, -0.25) is 14.3 Å². The van der Waals surface area contributed by atoms with E-state index >= 15 is 0 Å². The van der Waals surface area contributed by atoms with Gasteiger partial charge in [0.05, 0.1) is 11.7 Å². The number of nitrogens with one attached hydrogen (secondary N) is 1. The Kier molecular flexibility index (Phi) is 7.21. The van der Waals surface area contributed by atoms with Crippen LogP contribution in [0.15, 0.2) is 11.1 Å². The lowest BCUT2D eigenvalue weighted by Crippen LogP contribution is -2.62. The summed E-state index contributed by atoms with van der Waals surface area (Å²) in [5.74, 6) is 0. The summed E-state index contributed by atoms with van der Waals surface area (Å²) < 4.78 is 1.83. The molecule has 1 N–H and O–H groups in total. The molecule has 2 aromatic rings. The predicted molar refractivity (Wildman–Crippen MR) is 137 cm³/mol. The van der Waals surface area contributed by atoms with E-state index in [9.17, 15) is 4.79 Å². The van der Waals surface area contributed by atoms with Gasteiger partial charge in [-0.2, -0.15) is 0 Å². The Morgan fingerprint density at radius 3 is 2.73 bits per heavy atom. The Morgan fingerprint density at radius 2 is 1.97 bits per heavy atom. The normalized spacial score (nSPS) is 24.2. The van der Waals surface area contributed by atoms with Gasteiger partial charge in [0.1, 0.15) is 4.83 Å². The lowest BCUT2D eigenvalue weighted by molar-refractivity contribution is 0.0118. The first-order valence-electron chi connectivity index (χ1n) is 13.3. The van der Waals surface area contributed by atoms with E-state index in [0.717, 1.165) is 55.4 Å². The summed E-state index contributed by atoms with van der Waals surface area (Å²) in [7, 11) is 2.25. The van der Waals surface area contributed by atoms with Crippen molar-refractivity contribution in [2.24, 2.45) is 0 Å². The van der Waals surface area contributed by atoms with Gasteiger partial charge in [0.2, 0.25) is 0 Å². The molecule has 2 aliphatic carbocycles. The quantitative estimate of drug-likeness (QED) is 0.668. The van der Waals surface area contributed by atoms with E-state index in [1.165, 1.54) is 68.7 Å². The Hall–Kier alpha value is -1.28. The molecular formula is C26H41N5OS. The molecule has 0 spiro atoms. The number of rotatable bonds is 7. The Bertz CT molecular complexity index is 1000. The van der Waals surface area contributed by atoms with Gasteiger partial charge in [-0.1, -0.05) is 32.6 Å². The fourth-order valence-electron chi connectivity index (χ4n) is 6.29. The molecule has 3 heterocycles. The molecule has 3 aliphatic rings. The van der Waals surface area contributed by atoms with E-state index in [0.29, 0.717) is 11.6 Å². The second-order valence-electron chi connectivity index (χ2n) is 10.7. The number of hydrogen-bond acceptors (Lipinski definition) is 6. The summed E-state index contributed by atoms with van der Waals surface area (Å²) in [6.07, 6.45) is 13.9. The van der Waals surface area contributed by atoms with Crippen molar-refractivity contribution in [3.8, 4) is 0 Å². The average molecular weight is 472 g/mol. The monoisotopic (exact) mass is 471 g/mol. The third-order valence-corrected chi connectivity index (χ3v) is 9.63. The molecule has 33 heavy (non-hydrogen) atoms. The highest BCUT2D eigenvalue weighted by Gasteiger charge is 2.39. The number of likely N-dealkylation sites (N-methyl/N-ethyl adjacent to an activating group) is 1. The lowest BCUT2D eigenvalue weighted by atomic mass is 9.79. The molecular weight excluding hydrogens is 430 g/mol. The van der Waals surface area contributed by atoms with Crippen molar-refractivity contribution in [1.29, 1.82) is 0 Å². The van der Waals surface area contributed by atoms with Crippen molar-refractivity contribution in [3.63, 3.8) is 0 Å². The predicted octanol–water partition coefficient (Wildman–Crippen LogP) is 3.66. The molecule has 182 valence electrons. The zero-order valence-electron chi connectivity index (χ0n) is 20.6. The third kappa shape index (κ3) is 4.79. The average Bonchev–Trinajstić information content (AvgIpc) is 3.22. The summed E-state index contributed by atoms with van der Waals surface area (Å²) >= 11 is 1.76. The maximum absolute atomic E-state index is 13.1. The molecule has 7 heteroatoms. The van der Waals surface area contributed by atoms with Crippen LogP contribution in [0.1, 0.15) is 68.7 Å². The minimum Gasteiger partial charge on any atom is -0.312 e. The summed E-state index contributed by atoms with van der Waals surface area (Å²) in [5, 5.41) is 4.94. The minimum absolute atomic E-state index is 0.175. The summed E-state index contributed by atoms with van der Waals surface area (Å²) in [6, 6.07) is 0.513. The van der Waals surface area contributed by atoms with Crippen LogP contribution >= 0.6 is 11.3 Å². The van der Waals surface area contributed by atoms with E-state index in [-0.39, 0.29) is 5.56 Å². The fourth-order valence-corrected chi connectivity index (χ4v) is 7.55. The highest BCUT2D eigenvalue weighted by atomic mass is 32.1. The van der Waals surface area contributed by atoms with Crippen molar-refractivity contribution in [1.82, 2.24) is 24.7 Å². The fraction of sp³-hybridized carbons (Fsp3) is 0.769. The van der Waals surface area contributed by atoms with Crippen LogP contribution in [-0.4, -0.2) is 70.7 Å². The largest absolute Gasteiger partial charge is 0.312 e. The lowest BCUT2D eigenvalue weighted by Gasteiger charge is -2.50. The van der Waals surface area contributed by atoms with Gasteiger partial charge in [-0.15, -0.1) is 11.3 Å². The molecule has 0 amide bonds. The Balaban J connectivity index is 1.29. The molecule has 2 aromatic heterocycles. The number of aromatic nitrogens is 2. The maximum Gasteiger partial charge on any atom is 0.262 e. The summed E-state index contributed by atoms with van der Waals surface area (Å²) in [5.41, 5.74) is 1.81. The molecule has 0 radical (unpaired) electrons. The number of unbranched alkanes of at least 4 members (excludes halogenated alkanes) is 1. The molecule has 1 atom stereocenters. The molecule has 2 fully saturated rings.